The Morgan fingerprint density at radius 2 is 1.89 bits per heavy atom. The predicted molar refractivity (Wildman–Crippen MR) is 76.7 cm³/mol. The van der Waals surface area contributed by atoms with Crippen molar-refractivity contribution in [2.45, 2.75) is 33.1 Å². The van der Waals surface area contributed by atoms with Gasteiger partial charge in [0.25, 0.3) is 0 Å². The van der Waals surface area contributed by atoms with E-state index in [-0.39, 0.29) is 5.82 Å². The number of rotatable bonds is 9. The average molecular weight is 252 g/mol. The van der Waals surface area contributed by atoms with Gasteiger partial charge in [0.05, 0.1) is 5.69 Å². The predicted octanol–water partition coefficient (Wildman–Crippen LogP) is 3.43. The molecule has 0 spiro atoms. The van der Waals surface area contributed by atoms with Gasteiger partial charge in [0.1, 0.15) is 5.82 Å². The molecule has 0 fully saturated rings. The summed E-state index contributed by atoms with van der Waals surface area (Å²) in [6, 6.07) is 7.01. The van der Waals surface area contributed by atoms with Gasteiger partial charge in [-0.05, 0) is 51.4 Å². The molecule has 0 aliphatic carbocycles. The van der Waals surface area contributed by atoms with Crippen molar-refractivity contribution < 1.29 is 4.39 Å². The summed E-state index contributed by atoms with van der Waals surface area (Å²) in [5.41, 5.74) is 0.724. The van der Waals surface area contributed by atoms with Gasteiger partial charge >= 0.3 is 0 Å². The second-order valence-corrected chi connectivity index (χ2v) is 4.49. The Morgan fingerprint density at radius 3 is 2.56 bits per heavy atom. The Bertz CT molecular complexity index is 328. The van der Waals surface area contributed by atoms with Crippen LogP contribution in [0.3, 0.4) is 0 Å². The molecule has 0 atom stereocenters. The smallest absolute Gasteiger partial charge is 0.146 e. The Labute approximate surface area is 110 Å². The van der Waals surface area contributed by atoms with Crippen molar-refractivity contribution in [1.29, 1.82) is 0 Å². The summed E-state index contributed by atoms with van der Waals surface area (Å²) in [7, 11) is 0. The standard InChI is InChI=1S/C15H25FN2/c1-3-11-17-12-7-8-13-18(4-2)15-10-6-5-9-14(15)16/h5-6,9-10,17H,3-4,7-8,11-13H2,1-2H3. The number of anilines is 1. The molecule has 0 unspecified atom stereocenters. The summed E-state index contributed by atoms with van der Waals surface area (Å²) in [6.07, 6.45) is 3.42. The topological polar surface area (TPSA) is 15.3 Å². The maximum atomic E-state index is 13.6. The summed E-state index contributed by atoms with van der Waals surface area (Å²) in [5.74, 6) is -0.122. The highest BCUT2D eigenvalue weighted by molar-refractivity contribution is 5.47. The van der Waals surface area contributed by atoms with E-state index in [0.29, 0.717) is 0 Å². The van der Waals surface area contributed by atoms with Crippen molar-refractivity contribution in [3.05, 3.63) is 30.1 Å². The third-order valence-electron chi connectivity index (χ3n) is 3.03. The van der Waals surface area contributed by atoms with Crippen LogP contribution >= 0.6 is 0 Å². The lowest BCUT2D eigenvalue weighted by molar-refractivity contribution is 0.594. The zero-order valence-electron chi connectivity index (χ0n) is 11.6. The minimum Gasteiger partial charge on any atom is -0.369 e. The van der Waals surface area contributed by atoms with E-state index in [2.05, 4.69) is 24.1 Å². The molecule has 0 saturated carbocycles. The Kier molecular flexibility index (Phi) is 7.42. The molecule has 2 nitrogen and oxygen atoms in total. The van der Waals surface area contributed by atoms with E-state index in [1.165, 1.54) is 12.5 Å². The molecule has 0 aromatic heterocycles. The highest BCUT2D eigenvalue weighted by atomic mass is 19.1. The number of unbranched alkanes of at least 4 members (excludes halogenated alkanes) is 1. The molecule has 0 heterocycles. The normalized spacial score (nSPS) is 10.6. The third-order valence-corrected chi connectivity index (χ3v) is 3.03. The molecule has 102 valence electrons. The van der Waals surface area contributed by atoms with E-state index >= 15 is 0 Å². The first-order valence-electron chi connectivity index (χ1n) is 6.99. The molecule has 0 amide bonds. The number of nitrogens with one attached hydrogen (secondary N) is 1. The molecule has 1 N–H and O–H groups in total. The number of halogens is 1. The van der Waals surface area contributed by atoms with Crippen molar-refractivity contribution in [3.8, 4) is 0 Å². The summed E-state index contributed by atoms with van der Waals surface area (Å²) in [6.45, 7) is 8.16. The van der Waals surface area contributed by atoms with Crippen molar-refractivity contribution in [1.82, 2.24) is 5.32 Å². The van der Waals surface area contributed by atoms with E-state index < -0.39 is 0 Å². The minimum absolute atomic E-state index is 0.122. The van der Waals surface area contributed by atoms with Gasteiger partial charge in [-0.3, -0.25) is 0 Å². The van der Waals surface area contributed by atoms with Gasteiger partial charge in [-0.15, -0.1) is 0 Å². The largest absolute Gasteiger partial charge is 0.369 e. The molecule has 18 heavy (non-hydrogen) atoms. The van der Waals surface area contributed by atoms with Crippen molar-refractivity contribution >= 4 is 5.69 Å². The van der Waals surface area contributed by atoms with Gasteiger partial charge in [0.15, 0.2) is 0 Å². The van der Waals surface area contributed by atoms with Crippen LogP contribution in [0.1, 0.15) is 33.1 Å². The molecule has 0 bridgehead atoms. The van der Waals surface area contributed by atoms with Gasteiger partial charge in [-0.2, -0.15) is 0 Å². The van der Waals surface area contributed by atoms with Crippen molar-refractivity contribution in [2.24, 2.45) is 0 Å². The molecule has 0 aliphatic heterocycles. The molecule has 0 saturated heterocycles. The molecule has 0 radical (unpaired) electrons. The van der Waals surface area contributed by atoms with Gasteiger partial charge in [0.2, 0.25) is 0 Å². The van der Waals surface area contributed by atoms with Crippen LogP contribution < -0.4 is 10.2 Å². The maximum Gasteiger partial charge on any atom is 0.146 e. The van der Waals surface area contributed by atoms with Gasteiger partial charge < -0.3 is 10.2 Å². The van der Waals surface area contributed by atoms with Crippen LogP contribution in [0.5, 0.6) is 0 Å². The van der Waals surface area contributed by atoms with Crippen LogP contribution in [-0.4, -0.2) is 26.2 Å². The Balaban J connectivity index is 2.32. The van der Waals surface area contributed by atoms with Crippen LogP contribution in [0.2, 0.25) is 0 Å². The van der Waals surface area contributed by atoms with E-state index in [1.54, 1.807) is 6.07 Å². The fourth-order valence-electron chi connectivity index (χ4n) is 2.01. The molecular weight excluding hydrogens is 227 g/mol. The number of nitrogens with zero attached hydrogens (tertiary/aromatic N) is 1. The van der Waals surface area contributed by atoms with Gasteiger partial charge in [-0.1, -0.05) is 19.1 Å². The first-order chi connectivity index (χ1) is 8.79. The first-order valence-corrected chi connectivity index (χ1v) is 6.99. The SMILES string of the molecule is CCCNCCCCN(CC)c1ccccc1F. The molecule has 1 aromatic carbocycles. The average Bonchev–Trinajstić information content (AvgIpc) is 2.39. The van der Waals surface area contributed by atoms with Crippen LogP contribution in [0, 0.1) is 5.82 Å². The van der Waals surface area contributed by atoms with Crippen LogP contribution in [0.4, 0.5) is 10.1 Å². The van der Waals surface area contributed by atoms with Crippen LogP contribution in [-0.2, 0) is 0 Å². The quantitative estimate of drug-likeness (QED) is 0.677. The Hall–Kier alpha value is -1.09. The Morgan fingerprint density at radius 1 is 1.11 bits per heavy atom. The summed E-state index contributed by atoms with van der Waals surface area (Å²) < 4.78 is 13.6. The molecule has 3 heteroatoms. The molecule has 0 aliphatic rings. The number of para-hydroxylation sites is 1. The zero-order chi connectivity index (χ0) is 13.2. The van der Waals surface area contributed by atoms with E-state index in [9.17, 15) is 4.39 Å². The van der Waals surface area contributed by atoms with E-state index in [1.807, 2.05) is 12.1 Å². The summed E-state index contributed by atoms with van der Waals surface area (Å²) >= 11 is 0. The lowest BCUT2D eigenvalue weighted by atomic mass is 10.2. The number of benzene rings is 1. The van der Waals surface area contributed by atoms with Crippen LogP contribution in [0.25, 0.3) is 0 Å². The second kappa shape index (κ2) is 8.92. The van der Waals surface area contributed by atoms with Gasteiger partial charge in [0, 0.05) is 13.1 Å². The van der Waals surface area contributed by atoms with Gasteiger partial charge in [-0.25, -0.2) is 4.39 Å². The van der Waals surface area contributed by atoms with Crippen molar-refractivity contribution in [2.75, 3.05) is 31.1 Å². The maximum absolute atomic E-state index is 13.6. The monoisotopic (exact) mass is 252 g/mol. The lowest BCUT2D eigenvalue weighted by Gasteiger charge is -2.23. The first kappa shape index (κ1) is 15.0. The number of hydrogen-bond acceptors (Lipinski definition) is 2. The summed E-state index contributed by atoms with van der Waals surface area (Å²) in [5, 5.41) is 3.39. The van der Waals surface area contributed by atoms with Crippen molar-refractivity contribution in [3.63, 3.8) is 0 Å². The fourth-order valence-corrected chi connectivity index (χ4v) is 2.01. The highest BCUT2D eigenvalue weighted by Crippen LogP contribution is 2.18. The van der Waals surface area contributed by atoms with E-state index in [0.717, 1.165) is 44.7 Å². The summed E-state index contributed by atoms with van der Waals surface area (Å²) in [4.78, 5) is 2.11. The second-order valence-electron chi connectivity index (χ2n) is 4.49. The van der Waals surface area contributed by atoms with Crippen LogP contribution in [0.15, 0.2) is 24.3 Å². The highest BCUT2D eigenvalue weighted by Gasteiger charge is 2.08. The lowest BCUT2D eigenvalue weighted by Crippen LogP contribution is -2.26. The molecular formula is C15H25FN2. The third kappa shape index (κ3) is 5.05. The zero-order valence-corrected chi connectivity index (χ0v) is 11.6. The molecule has 1 rings (SSSR count). The molecule has 1 aromatic rings. The number of hydrogen-bond donors (Lipinski definition) is 1. The van der Waals surface area contributed by atoms with E-state index in [4.69, 9.17) is 0 Å². The fraction of sp³-hybridized carbons (Fsp3) is 0.600. The minimum atomic E-state index is -0.122.